The maximum absolute atomic E-state index is 5.04. The Morgan fingerprint density at radius 2 is 1.51 bits per heavy atom. The molecule has 0 bridgehead atoms. The standard InChI is InChI=1S/C31H18N4/c1-2-4-20-17(3-1)11-18-5-6-21-22-14-25-23(12-19(22)13-24(21)30(18)20)26-15-32-9-7-28(26)35-29-8-10-33-16-27(29)34-31(25)35/h1-10,12,14-16H,11,13H2. The monoisotopic (exact) mass is 446 g/mol. The summed E-state index contributed by atoms with van der Waals surface area (Å²) in [6.07, 6.45) is 9.54. The van der Waals surface area contributed by atoms with E-state index in [9.17, 15) is 0 Å². The second-order valence-corrected chi connectivity index (χ2v) is 9.72. The normalized spacial score (nSPS) is 13.5. The van der Waals surface area contributed by atoms with Crippen molar-refractivity contribution in [1.29, 1.82) is 0 Å². The highest BCUT2D eigenvalue weighted by Gasteiger charge is 2.29. The van der Waals surface area contributed by atoms with Gasteiger partial charge in [0, 0.05) is 29.4 Å². The van der Waals surface area contributed by atoms with Crippen LogP contribution in [0.15, 0.2) is 85.5 Å². The van der Waals surface area contributed by atoms with Crippen molar-refractivity contribution in [2.24, 2.45) is 0 Å². The Morgan fingerprint density at radius 1 is 0.629 bits per heavy atom. The van der Waals surface area contributed by atoms with Gasteiger partial charge in [0.05, 0.1) is 17.2 Å². The third-order valence-corrected chi connectivity index (χ3v) is 7.99. The van der Waals surface area contributed by atoms with Crippen molar-refractivity contribution in [3.63, 3.8) is 0 Å². The molecule has 0 saturated carbocycles. The third kappa shape index (κ3) is 2.15. The van der Waals surface area contributed by atoms with Gasteiger partial charge in [-0.25, -0.2) is 4.98 Å². The molecule has 4 aromatic heterocycles. The van der Waals surface area contributed by atoms with Crippen LogP contribution in [0.1, 0.15) is 22.3 Å². The van der Waals surface area contributed by atoms with Crippen LogP contribution in [-0.4, -0.2) is 19.4 Å². The largest absolute Gasteiger partial charge is 0.291 e. The molecule has 0 unspecified atom stereocenters. The molecule has 0 aliphatic heterocycles. The first-order valence-corrected chi connectivity index (χ1v) is 12.0. The van der Waals surface area contributed by atoms with E-state index in [1.165, 1.54) is 49.9 Å². The first-order valence-electron chi connectivity index (χ1n) is 12.0. The molecule has 7 aromatic rings. The number of rotatable bonds is 0. The summed E-state index contributed by atoms with van der Waals surface area (Å²) in [7, 11) is 0. The van der Waals surface area contributed by atoms with E-state index in [1.807, 2.05) is 30.9 Å². The molecule has 2 aliphatic carbocycles. The van der Waals surface area contributed by atoms with Crippen LogP contribution in [0.3, 0.4) is 0 Å². The van der Waals surface area contributed by atoms with E-state index in [0.717, 1.165) is 45.8 Å². The Morgan fingerprint density at radius 3 is 2.49 bits per heavy atom. The van der Waals surface area contributed by atoms with Crippen molar-refractivity contribution in [3.8, 4) is 22.3 Å². The maximum atomic E-state index is 5.04. The van der Waals surface area contributed by atoms with Crippen LogP contribution in [0.5, 0.6) is 0 Å². The van der Waals surface area contributed by atoms with Crippen LogP contribution in [-0.2, 0) is 12.8 Å². The molecule has 0 radical (unpaired) electrons. The molecule has 4 heterocycles. The average molecular weight is 447 g/mol. The number of imidazole rings is 1. The first kappa shape index (κ1) is 17.8. The lowest BCUT2D eigenvalue weighted by Crippen LogP contribution is -1.93. The highest BCUT2D eigenvalue weighted by atomic mass is 15.0. The van der Waals surface area contributed by atoms with Gasteiger partial charge < -0.3 is 0 Å². The lowest BCUT2D eigenvalue weighted by Gasteiger charge is -2.11. The van der Waals surface area contributed by atoms with Crippen molar-refractivity contribution in [1.82, 2.24) is 19.4 Å². The Balaban J connectivity index is 1.41. The van der Waals surface area contributed by atoms with Crippen molar-refractivity contribution >= 4 is 38.4 Å². The summed E-state index contributed by atoms with van der Waals surface area (Å²) in [5.41, 5.74) is 15.4. The minimum atomic E-state index is 0.911. The fraction of sp³-hybridized carbons (Fsp3) is 0.0645. The zero-order valence-electron chi connectivity index (χ0n) is 18.8. The fourth-order valence-electron chi connectivity index (χ4n) is 6.52. The molecule has 9 rings (SSSR count). The van der Waals surface area contributed by atoms with Crippen molar-refractivity contribution in [2.45, 2.75) is 12.8 Å². The molecule has 0 N–H and O–H groups in total. The predicted molar refractivity (Wildman–Crippen MR) is 140 cm³/mol. The van der Waals surface area contributed by atoms with E-state index in [2.05, 4.69) is 69.0 Å². The average Bonchev–Trinajstić information content (AvgIpc) is 3.58. The molecule has 4 nitrogen and oxygen atoms in total. The molecule has 35 heavy (non-hydrogen) atoms. The number of fused-ring (bicyclic) bond motifs is 15. The molecule has 0 atom stereocenters. The van der Waals surface area contributed by atoms with Gasteiger partial charge in [-0.15, -0.1) is 0 Å². The van der Waals surface area contributed by atoms with E-state index in [0.29, 0.717) is 0 Å². The predicted octanol–water partition coefficient (Wildman–Crippen LogP) is 6.73. The molecular weight excluding hydrogens is 428 g/mol. The lowest BCUT2D eigenvalue weighted by atomic mass is 9.95. The van der Waals surface area contributed by atoms with Crippen LogP contribution in [0.2, 0.25) is 0 Å². The summed E-state index contributed by atoms with van der Waals surface area (Å²) in [5, 5.41) is 3.53. The highest BCUT2D eigenvalue weighted by molar-refractivity contribution is 6.15. The summed E-state index contributed by atoms with van der Waals surface area (Å²) in [4.78, 5) is 13.9. The zero-order chi connectivity index (χ0) is 22.7. The lowest BCUT2D eigenvalue weighted by molar-refractivity contribution is 1.23. The van der Waals surface area contributed by atoms with Crippen LogP contribution >= 0.6 is 0 Å². The number of hydrogen-bond donors (Lipinski definition) is 0. The van der Waals surface area contributed by atoms with Crippen LogP contribution in [0.4, 0.5) is 0 Å². The van der Waals surface area contributed by atoms with Crippen LogP contribution < -0.4 is 0 Å². The SMILES string of the molecule is c1ccc2c(c1)Cc1ccc3c(c1-2)Cc1cc2c4cnccc4n4c5ccncc5nc4c2cc1-3. The summed E-state index contributed by atoms with van der Waals surface area (Å²) >= 11 is 0. The summed E-state index contributed by atoms with van der Waals surface area (Å²) in [6, 6.07) is 22.4. The Kier molecular flexibility index (Phi) is 3.11. The topological polar surface area (TPSA) is 43.1 Å². The number of hydrogen-bond acceptors (Lipinski definition) is 3. The van der Waals surface area contributed by atoms with Gasteiger partial charge >= 0.3 is 0 Å². The minimum Gasteiger partial charge on any atom is -0.291 e. The highest BCUT2D eigenvalue weighted by Crippen LogP contribution is 2.49. The van der Waals surface area contributed by atoms with Gasteiger partial charge in [0.1, 0.15) is 11.2 Å². The summed E-state index contributed by atoms with van der Waals surface area (Å²) in [6.45, 7) is 0. The Labute approximate surface area is 200 Å². The van der Waals surface area contributed by atoms with E-state index >= 15 is 0 Å². The zero-order valence-corrected chi connectivity index (χ0v) is 18.8. The second-order valence-electron chi connectivity index (χ2n) is 9.72. The van der Waals surface area contributed by atoms with Gasteiger partial charge in [-0.1, -0.05) is 36.4 Å². The molecule has 0 fully saturated rings. The Bertz CT molecular complexity index is 2070. The molecule has 2 aliphatic rings. The van der Waals surface area contributed by atoms with E-state index in [4.69, 9.17) is 4.98 Å². The van der Waals surface area contributed by atoms with Gasteiger partial charge in [0.2, 0.25) is 0 Å². The van der Waals surface area contributed by atoms with Gasteiger partial charge in [0.15, 0.2) is 0 Å². The first-order chi connectivity index (χ1) is 17.3. The summed E-state index contributed by atoms with van der Waals surface area (Å²) < 4.78 is 2.26. The molecule has 0 saturated heterocycles. The van der Waals surface area contributed by atoms with Crippen molar-refractivity contribution < 1.29 is 0 Å². The minimum absolute atomic E-state index is 0.911. The van der Waals surface area contributed by atoms with Gasteiger partial charge in [-0.2, -0.15) is 0 Å². The molecule has 162 valence electrons. The molecule has 0 amide bonds. The number of aromatic nitrogens is 4. The van der Waals surface area contributed by atoms with Crippen molar-refractivity contribution in [2.75, 3.05) is 0 Å². The molecule has 0 spiro atoms. The molecule has 3 aromatic carbocycles. The molecular formula is C31H18N4. The van der Waals surface area contributed by atoms with E-state index in [1.54, 1.807) is 0 Å². The van der Waals surface area contributed by atoms with Crippen LogP contribution in [0.25, 0.3) is 60.6 Å². The van der Waals surface area contributed by atoms with Crippen molar-refractivity contribution in [3.05, 3.63) is 108 Å². The smallest absolute Gasteiger partial charge is 0.146 e. The van der Waals surface area contributed by atoms with Gasteiger partial charge in [-0.05, 0) is 87.0 Å². The number of pyridine rings is 3. The number of nitrogens with zero attached hydrogens (tertiary/aromatic N) is 4. The van der Waals surface area contributed by atoms with Gasteiger partial charge in [0.25, 0.3) is 0 Å². The van der Waals surface area contributed by atoms with Gasteiger partial charge in [-0.3, -0.25) is 14.4 Å². The second kappa shape index (κ2) is 6.10. The molecule has 4 heteroatoms. The third-order valence-electron chi connectivity index (χ3n) is 7.99. The summed E-state index contributed by atoms with van der Waals surface area (Å²) in [5.74, 6) is 0. The Hall–Kier alpha value is -4.57. The van der Waals surface area contributed by atoms with E-state index in [-0.39, 0.29) is 0 Å². The van der Waals surface area contributed by atoms with Crippen LogP contribution in [0, 0.1) is 0 Å². The quantitative estimate of drug-likeness (QED) is 0.243. The fourth-order valence-corrected chi connectivity index (χ4v) is 6.52. The number of benzene rings is 3. The van der Waals surface area contributed by atoms with E-state index < -0.39 is 0 Å². The maximum Gasteiger partial charge on any atom is 0.146 e.